The maximum atomic E-state index is 11.2. The molecule has 15 aromatic rings. The third-order valence-electron chi connectivity index (χ3n) is 14.6. The summed E-state index contributed by atoms with van der Waals surface area (Å²) in [5.41, 5.74) is 13.5. The number of aromatic nitrogens is 2. The van der Waals surface area contributed by atoms with E-state index < -0.39 is 0 Å². The molecule has 70 heavy (non-hydrogen) atoms. The molecule has 0 bridgehead atoms. The topological polar surface area (TPSA) is 83.7 Å². The molecule has 0 aliphatic carbocycles. The fourth-order valence-corrected chi connectivity index (χ4v) is 11.4. The van der Waals surface area contributed by atoms with Crippen LogP contribution in [0, 0.1) is 22.7 Å². The Morgan fingerprint density at radius 2 is 0.671 bits per heavy atom. The molecule has 0 saturated carbocycles. The van der Waals surface area contributed by atoms with Crippen molar-refractivity contribution in [1.29, 1.82) is 10.5 Å². The first-order chi connectivity index (χ1) is 34.6. The number of nitrogens with zero attached hydrogens (tertiary/aromatic N) is 4. The van der Waals surface area contributed by atoms with Gasteiger partial charge < -0.3 is 18.0 Å². The Morgan fingerprint density at radius 1 is 0.300 bits per heavy atom. The number of nitriles is 2. The van der Waals surface area contributed by atoms with Crippen LogP contribution in [-0.4, -0.2) is 9.13 Å². The zero-order chi connectivity index (χ0) is 46.2. The number of furan rings is 2. The molecule has 0 N–H and O–H groups in total. The van der Waals surface area contributed by atoms with Gasteiger partial charge in [0.05, 0.1) is 44.6 Å². The van der Waals surface area contributed by atoms with E-state index in [1.54, 1.807) is 0 Å². The monoisotopic (exact) mass is 890 g/mol. The van der Waals surface area contributed by atoms with Gasteiger partial charge in [-0.25, -0.2) is 0 Å². The number of hydrogen-bond acceptors (Lipinski definition) is 4. The number of fused-ring (bicyclic) bond motifs is 16. The summed E-state index contributed by atoms with van der Waals surface area (Å²) in [5.74, 6) is 0. The third kappa shape index (κ3) is 5.36. The normalized spacial score (nSPS) is 12.0. The van der Waals surface area contributed by atoms with Crippen LogP contribution in [0.3, 0.4) is 0 Å². The molecular formula is C64H34N4O2. The van der Waals surface area contributed by atoms with Crippen molar-refractivity contribution in [2.24, 2.45) is 0 Å². The highest BCUT2D eigenvalue weighted by molar-refractivity contribution is 6.23. The van der Waals surface area contributed by atoms with Gasteiger partial charge in [0.2, 0.25) is 0 Å². The van der Waals surface area contributed by atoms with Crippen LogP contribution in [-0.2, 0) is 0 Å². The van der Waals surface area contributed by atoms with Gasteiger partial charge in [-0.3, -0.25) is 0 Å². The Hall–Kier alpha value is -9.88. The summed E-state index contributed by atoms with van der Waals surface area (Å²) in [7, 11) is 0. The van der Waals surface area contributed by atoms with Crippen molar-refractivity contribution >= 4 is 109 Å². The fraction of sp³-hybridized carbons (Fsp3) is 0. The number of benzene rings is 11. The first-order valence-corrected chi connectivity index (χ1v) is 23.3. The van der Waals surface area contributed by atoms with Crippen molar-refractivity contribution in [3.05, 3.63) is 217 Å². The van der Waals surface area contributed by atoms with E-state index in [2.05, 4.69) is 179 Å². The van der Waals surface area contributed by atoms with E-state index in [0.717, 1.165) is 131 Å². The molecule has 4 heterocycles. The van der Waals surface area contributed by atoms with Gasteiger partial charge in [-0.1, -0.05) is 121 Å². The van der Waals surface area contributed by atoms with Crippen molar-refractivity contribution in [3.8, 4) is 45.8 Å². The molecule has 6 nitrogen and oxygen atoms in total. The van der Waals surface area contributed by atoms with Crippen molar-refractivity contribution < 1.29 is 8.83 Å². The molecule has 0 fully saturated rings. The largest absolute Gasteiger partial charge is 0.456 e. The summed E-state index contributed by atoms with van der Waals surface area (Å²) < 4.78 is 17.0. The fourth-order valence-electron chi connectivity index (χ4n) is 11.4. The quantitative estimate of drug-likeness (QED) is 0.176. The van der Waals surface area contributed by atoms with Gasteiger partial charge in [0.25, 0.3) is 0 Å². The van der Waals surface area contributed by atoms with Crippen LogP contribution in [0.4, 0.5) is 0 Å². The van der Waals surface area contributed by atoms with Gasteiger partial charge in [-0.05, 0) is 129 Å². The van der Waals surface area contributed by atoms with Crippen LogP contribution in [0.15, 0.2) is 215 Å². The van der Waals surface area contributed by atoms with Crippen molar-refractivity contribution in [2.45, 2.75) is 0 Å². The lowest BCUT2D eigenvalue weighted by Crippen LogP contribution is -2.04. The predicted octanol–water partition coefficient (Wildman–Crippen LogP) is 17.1. The summed E-state index contributed by atoms with van der Waals surface area (Å²) in [5, 5.41) is 35.5. The van der Waals surface area contributed by atoms with Gasteiger partial charge in [0, 0.05) is 43.1 Å². The average molecular weight is 891 g/mol. The zero-order valence-electron chi connectivity index (χ0n) is 37.2. The summed E-state index contributed by atoms with van der Waals surface area (Å²) in [4.78, 5) is 0. The molecule has 0 saturated heterocycles. The molecule has 0 unspecified atom stereocenters. The molecule has 0 atom stereocenters. The average Bonchev–Trinajstić information content (AvgIpc) is 4.17. The molecule has 6 heteroatoms. The Bertz CT molecular complexity index is 4560. The summed E-state index contributed by atoms with van der Waals surface area (Å²) in [6.07, 6.45) is 0. The highest BCUT2D eigenvalue weighted by Crippen LogP contribution is 2.44. The van der Waals surface area contributed by atoms with Crippen LogP contribution < -0.4 is 0 Å². The molecule has 0 aliphatic rings. The van der Waals surface area contributed by atoms with Gasteiger partial charge >= 0.3 is 0 Å². The molecular weight excluding hydrogens is 857 g/mol. The van der Waals surface area contributed by atoms with Crippen molar-refractivity contribution in [2.75, 3.05) is 0 Å². The molecule has 0 radical (unpaired) electrons. The number of hydrogen-bond donors (Lipinski definition) is 0. The van der Waals surface area contributed by atoms with E-state index in [1.165, 1.54) is 0 Å². The lowest BCUT2D eigenvalue weighted by molar-refractivity contribution is 0.668. The summed E-state index contributed by atoms with van der Waals surface area (Å²) in [6, 6.07) is 76.6. The second kappa shape index (κ2) is 14.3. The minimum atomic E-state index is 0.451. The van der Waals surface area contributed by atoms with Crippen LogP contribution in [0.1, 0.15) is 11.1 Å². The van der Waals surface area contributed by atoms with E-state index in [0.29, 0.717) is 22.5 Å². The molecule has 11 aromatic carbocycles. The van der Waals surface area contributed by atoms with E-state index in [1.807, 2.05) is 48.5 Å². The zero-order valence-corrected chi connectivity index (χ0v) is 37.2. The van der Waals surface area contributed by atoms with Crippen molar-refractivity contribution in [1.82, 2.24) is 9.13 Å². The number of rotatable bonds is 4. The third-order valence-corrected chi connectivity index (χ3v) is 14.6. The second-order valence-corrected chi connectivity index (χ2v) is 18.2. The van der Waals surface area contributed by atoms with E-state index in [-0.39, 0.29) is 0 Å². The molecule has 15 rings (SSSR count). The molecule has 0 spiro atoms. The minimum absolute atomic E-state index is 0.451. The SMILES string of the molecule is N#Cc1cc(-n2c3ccc(-c4ccc5c(c4)oc4ccccc45)cc3c3c4ccccc4ccc32)c(C#N)cc1-n1c2ccc(-c3ccc4c(c3)oc3ccccc34)cc2c2c3ccccc3ccc21. The first-order valence-electron chi connectivity index (χ1n) is 23.3. The maximum absolute atomic E-state index is 11.2. The van der Waals surface area contributed by atoms with Crippen LogP contribution >= 0.6 is 0 Å². The van der Waals surface area contributed by atoms with Crippen molar-refractivity contribution in [3.63, 3.8) is 0 Å². The van der Waals surface area contributed by atoms with Gasteiger partial charge in [0.1, 0.15) is 34.5 Å². The minimum Gasteiger partial charge on any atom is -0.456 e. The highest BCUT2D eigenvalue weighted by Gasteiger charge is 2.24. The highest BCUT2D eigenvalue weighted by atomic mass is 16.3. The van der Waals surface area contributed by atoms with Gasteiger partial charge in [-0.2, -0.15) is 10.5 Å². The van der Waals surface area contributed by atoms with E-state index in [9.17, 15) is 10.5 Å². The first kappa shape index (κ1) is 38.2. The van der Waals surface area contributed by atoms with Crippen LogP contribution in [0.25, 0.3) is 143 Å². The van der Waals surface area contributed by atoms with Crippen LogP contribution in [0.2, 0.25) is 0 Å². The van der Waals surface area contributed by atoms with Gasteiger partial charge in [-0.15, -0.1) is 0 Å². The molecule has 4 aromatic heterocycles. The van der Waals surface area contributed by atoms with E-state index in [4.69, 9.17) is 8.83 Å². The Balaban J connectivity index is 0.944. The summed E-state index contributed by atoms with van der Waals surface area (Å²) >= 11 is 0. The molecule has 0 amide bonds. The van der Waals surface area contributed by atoms with Crippen LogP contribution in [0.5, 0.6) is 0 Å². The molecule has 0 aliphatic heterocycles. The van der Waals surface area contributed by atoms with Gasteiger partial charge in [0.15, 0.2) is 0 Å². The number of para-hydroxylation sites is 2. The lowest BCUT2D eigenvalue weighted by Gasteiger charge is -2.16. The smallest absolute Gasteiger partial charge is 0.136 e. The second-order valence-electron chi connectivity index (χ2n) is 18.2. The standard InChI is InChI=1S/C64H34N4O2/c65-35-43-32-58(68-54-26-22-40(30-52(54)64-46-12-4-2-10-38(46)20-28-56(64)68)42-18-24-50-48-14-6-8-16-60(48)70-62(50)34-42)44(36-66)31-57(43)67-53-25-21-39(29-51(53)63-45-11-3-1-9-37(45)19-27-55(63)67)41-17-23-49-47-13-5-7-15-59(47)69-61(49)33-41/h1-34H. The Labute approximate surface area is 398 Å². The predicted molar refractivity (Wildman–Crippen MR) is 285 cm³/mol. The lowest BCUT2D eigenvalue weighted by atomic mass is 9.99. The van der Waals surface area contributed by atoms with E-state index >= 15 is 0 Å². The maximum Gasteiger partial charge on any atom is 0.136 e. The Morgan fingerprint density at radius 3 is 1.13 bits per heavy atom. The molecule has 322 valence electrons. The summed E-state index contributed by atoms with van der Waals surface area (Å²) in [6.45, 7) is 0. The Kier molecular flexibility index (Phi) is 7.82.